The fraction of sp³-hybridized carbons (Fsp3) is 0.267. The van der Waals surface area contributed by atoms with Crippen LogP contribution in [0.15, 0.2) is 70.3 Å². The van der Waals surface area contributed by atoms with Crippen LogP contribution in [0.2, 0.25) is 5.02 Å². The van der Waals surface area contributed by atoms with Crippen molar-refractivity contribution in [1.29, 1.82) is 0 Å². The van der Waals surface area contributed by atoms with Gasteiger partial charge in [-0.05, 0) is 55.3 Å². The maximum absolute atomic E-state index is 13.9. The summed E-state index contributed by atoms with van der Waals surface area (Å²) in [6.45, 7) is -1.24. The summed E-state index contributed by atoms with van der Waals surface area (Å²) >= 11 is 6.23. The molecular weight excluding hydrogens is 618 g/mol. The lowest BCUT2D eigenvalue weighted by molar-refractivity contribution is -0.119. The largest absolute Gasteiger partial charge is 0.422 e. The lowest BCUT2D eigenvalue weighted by Gasteiger charge is -2.20. The number of alkyl halides is 4. The van der Waals surface area contributed by atoms with Crippen LogP contribution in [0.4, 0.5) is 23.2 Å². The number of pyridine rings is 1. The lowest BCUT2D eigenvalue weighted by atomic mass is 9.88. The number of carbonyl (C=O) groups is 1. The Kier molecular flexibility index (Phi) is 8.23. The summed E-state index contributed by atoms with van der Waals surface area (Å²) in [5.74, 6) is -1.31. The van der Waals surface area contributed by atoms with Gasteiger partial charge in [0.1, 0.15) is 11.5 Å². The molecule has 1 amide bonds. The van der Waals surface area contributed by atoms with Gasteiger partial charge in [0.25, 0.3) is 6.43 Å². The quantitative estimate of drug-likeness (QED) is 0.205. The second kappa shape index (κ2) is 12.3. The molecule has 0 saturated heterocycles. The molecule has 0 saturated carbocycles. The maximum Gasteiger partial charge on any atom is 0.340 e. The third kappa shape index (κ3) is 5.97. The van der Waals surface area contributed by atoms with E-state index in [1.165, 1.54) is 36.7 Å². The summed E-state index contributed by atoms with van der Waals surface area (Å²) in [7, 11) is 0. The molecular formula is C30H24ClF4N7O3. The Morgan fingerprint density at radius 1 is 1.07 bits per heavy atom. The van der Waals surface area contributed by atoms with Gasteiger partial charge >= 0.3 is 12.2 Å². The van der Waals surface area contributed by atoms with E-state index in [1.54, 1.807) is 25.1 Å². The fourth-order valence-corrected chi connectivity index (χ4v) is 5.55. The Hall–Kier alpha value is -4.85. The third-order valence-corrected chi connectivity index (χ3v) is 7.90. The second-order valence-corrected chi connectivity index (χ2v) is 11.0. The molecule has 4 aromatic heterocycles. The van der Waals surface area contributed by atoms with E-state index >= 15 is 0 Å². The predicted octanol–water partition coefficient (Wildman–Crippen LogP) is 7.02. The molecule has 1 aliphatic rings. The van der Waals surface area contributed by atoms with E-state index in [1.807, 2.05) is 0 Å². The van der Waals surface area contributed by atoms with Crippen LogP contribution in [0.1, 0.15) is 62.0 Å². The number of hydrogen-bond acceptors (Lipinski definition) is 7. The normalized spacial score (nSPS) is 17.1. The zero-order valence-corrected chi connectivity index (χ0v) is 24.3. The van der Waals surface area contributed by atoms with Crippen LogP contribution in [0.3, 0.4) is 0 Å². The molecule has 5 aromatic rings. The minimum atomic E-state index is -2.97. The first-order valence-electron chi connectivity index (χ1n) is 13.9. The molecule has 1 N–H and O–H groups in total. The summed E-state index contributed by atoms with van der Waals surface area (Å²) < 4.78 is 61.6. The van der Waals surface area contributed by atoms with Gasteiger partial charge in [-0.1, -0.05) is 30.2 Å². The van der Waals surface area contributed by atoms with Crippen molar-refractivity contribution >= 4 is 23.2 Å². The van der Waals surface area contributed by atoms with Crippen molar-refractivity contribution in [3.05, 3.63) is 93.4 Å². The van der Waals surface area contributed by atoms with Gasteiger partial charge in [-0.15, -0.1) is 5.10 Å². The second-order valence-electron chi connectivity index (χ2n) is 10.6. The predicted molar refractivity (Wildman–Crippen MR) is 155 cm³/mol. The molecule has 5 heterocycles. The van der Waals surface area contributed by atoms with Crippen molar-refractivity contribution in [2.45, 2.75) is 45.1 Å². The monoisotopic (exact) mass is 641 g/mol. The molecule has 10 nitrogen and oxygen atoms in total. The van der Waals surface area contributed by atoms with Crippen LogP contribution in [0.5, 0.6) is 0 Å². The average molecular weight is 642 g/mol. The molecule has 0 unspecified atom stereocenters. The van der Waals surface area contributed by atoms with E-state index in [4.69, 9.17) is 16.0 Å². The molecule has 232 valence electrons. The number of fused-ring (bicyclic) bond motifs is 4. The van der Waals surface area contributed by atoms with Crippen molar-refractivity contribution in [2.24, 2.45) is 5.92 Å². The van der Waals surface area contributed by atoms with E-state index in [-0.39, 0.29) is 28.6 Å². The van der Waals surface area contributed by atoms with Crippen LogP contribution in [0, 0.1) is 5.92 Å². The smallest absolute Gasteiger partial charge is 0.340 e. The molecule has 0 aliphatic carbocycles. The van der Waals surface area contributed by atoms with Gasteiger partial charge in [-0.2, -0.15) is 13.9 Å². The molecule has 1 aliphatic heterocycles. The first kappa shape index (κ1) is 30.2. The topological polar surface area (TPSA) is 121 Å². The third-order valence-electron chi connectivity index (χ3n) is 7.66. The van der Waals surface area contributed by atoms with Gasteiger partial charge in [0.15, 0.2) is 0 Å². The average Bonchev–Trinajstić information content (AvgIpc) is 3.67. The van der Waals surface area contributed by atoms with Gasteiger partial charge in [0.2, 0.25) is 5.91 Å². The van der Waals surface area contributed by atoms with Gasteiger partial charge < -0.3 is 9.73 Å². The number of rotatable bonds is 5. The Balaban J connectivity index is 1.43. The molecule has 6 rings (SSSR count). The summed E-state index contributed by atoms with van der Waals surface area (Å²) in [5.41, 5.74) is 0.543. The highest BCUT2D eigenvalue weighted by Gasteiger charge is 2.27. The van der Waals surface area contributed by atoms with Crippen LogP contribution in [-0.2, 0) is 4.79 Å². The van der Waals surface area contributed by atoms with Crippen molar-refractivity contribution in [3.63, 3.8) is 0 Å². The number of amides is 1. The Morgan fingerprint density at radius 3 is 2.62 bits per heavy atom. The number of hydrogen-bond donors (Lipinski definition) is 1. The van der Waals surface area contributed by atoms with Gasteiger partial charge in [0.05, 0.1) is 29.5 Å². The number of benzene rings is 1. The van der Waals surface area contributed by atoms with Crippen LogP contribution in [-0.4, -0.2) is 35.7 Å². The highest BCUT2D eigenvalue weighted by atomic mass is 35.5. The number of aromatic nitrogens is 6. The SMILES string of the molecule is C[C@H]1CCC[C@@H](c2ccc(-c3cc(Cl)ccc3-n3cc(C(F)F)nn3)oc2=O)c2cc(ccn2)-c2c(cnn2C(F)F)NC1=O. The van der Waals surface area contributed by atoms with Crippen LogP contribution in [0.25, 0.3) is 28.3 Å². The number of carbonyl (C=O) groups excluding carboxylic acids is 1. The van der Waals surface area contributed by atoms with E-state index in [2.05, 4.69) is 25.7 Å². The standard InChI is InChI=1S/C30H24ClF4N7O3/c1-15-3-2-4-18(21-11-16(9-10-36-21)26-22(38-28(15)43)13-37-42(26)30(34)35)19-6-8-25(45-29(19)44)20-12-17(31)5-7-24(20)41-14-23(27(32)33)39-40-41/h5-15,18,27,30H,2-4H2,1H3,(H,38,43)/t15-,18-/m0/s1. The molecule has 2 bridgehead atoms. The molecule has 0 radical (unpaired) electrons. The van der Waals surface area contributed by atoms with Crippen molar-refractivity contribution in [1.82, 2.24) is 29.8 Å². The summed E-state index contributed by atoms with van der Waals surface area (Å²) in [6.07, 6.45) is 2.25. The van der Waals surface area contributed by atoms with Gasteiger partial charge in [-0.3, -0.25) is 9.78 Å². The highest BCUT2D eigenvalue weighted by Crippen LogP contribution is 2.37. The lowest BCUT2D eigenvalue weighted by Crippen LogP contribution is -2.22. The first-order chi connectivity index (χ1) is 21.6. The Labute approximate surface area is 257 Å². The molecule has 15 heteroatoms. The fourth-order valence-electron chi connectivity index (χ4n) is 5.38. The van der Waals surface area contributed by atoms with Crippen molar-refractivity contribution in [2.75, 3.05) is 5.32 Å². The highest BCUT2D eigenvalue weighted by molar-refractivity contribution is 6.31. The van der Waals surface area contributed by atoms with E-state index in [0.29, 0.717) is 51.5 Å². The Bertz CT molecular complexity index is 1940. The summed E-state index contributed by atoms with van der Waals surface area (Å²) in [6, 6.07) is 10.8. The zero-order valence-electron chi connectivity index (χ0n) is 23.5. The number of anilines is 1. The van der Waals surface area contributed by atoms with Crippen molar-refractivity contribution < 1.29 is 26.8 Å². The van der Waals surface area contributed by atoms with Crippen LogP contribution >= 0.6 is 11.6 Å². The Morgan fingerprint density at radius 2 is 1.89 bits per heavy atom. The summed E-state index contributed by atoms with van der Waals surface area (Å²) in [4.78, 5) is 31.0. The molecule has 45 heavy (non-hydrogen) atoms. The molecule has 0 fully saturated rings. The van der Waals surface area contributed by atoms with Crippen molar-refractivity contribution in [3.8, 4) is 28.3 Å². The minimum Gasteiger partial charge on any atom is -0.422 e. The van der Waals surface area contributed by atoms with Gasteiger partial charge in [-0.25, -0.2) is 22.9 Å². The molecule has 2 atom stereocenters. The van der Waals surface area contributed by atoms with E-state index < -0.39 is 36.1 Å². The number of nitrogens with zero attached hydrogens (tertiary/aromatic N) is 6. The van der Waals surface area contributed by atoms with Crippen LogP contribution < -0.4 is 10.9 Å². The maximum atomic E-state index is 13.9. The van der Waals surface area contributed by atoms with Gasteiger partial charge in [0, 0.05) is 45.4 Å². The van der Waals surface area contributed by atoms with E-state index in [9.17, 15) is 27.2 Å². The number of halogens is 5. The minimum absolute atomic E-state index is 0.00695. The van der Waals surface area contributed by atoms with E-state index in [0.717, 1.165) is 10.9 Å². The number of nitrogens with one attached hydrogen (secondary N) is 1. The summed E-state index contributed by atoms with van der Waals surface area (Å²) in [5, 5.41) is 14.1. The molecule has 1 aromatic carbocycles. The zero-order chi connectivity index (χ0) is 31.8. The first-order valence-corrected chi connectivity index (χ1v) is 14.3. The molecule has 0 spiro atoms.